The van der Waals surface area contributed by atoms with Crippen LogP contribution in [0.3, 0.4) is 0 Å². The van der Waals surface area contributed by atoms with Crippen molar-refractivity contribution in [2.24, 2.45) is 11.8 Å². The second kappa shape index (κ2) is 6.15. The van der Waals surface area contributed by atoms with Gasteiger partial charge in [-0.25, -0.2) is 4.90 Å². The van der Waals surface area contributed by atoms with E-state index in [1.54, 1.807) is 36.4 Å². The molecule has 6 rings (SSSR count). The number of nitrogens with zero attached hydrogens (tertiary/aromatic N) is 2. The van der Waals surface area contributed by atoms with Crippen LogP contribution in [0.4, 0.5) is 11.4 Å². The number of imide groups is 1. The monoisotopic (exact) mass is 485 g/mol. The normalized spacial score (nSPS) is 32.0. The van der Waals surface area contributed by atoms with E-state index >= 15 is 0 Å². The third kappa shape index (κ3) is 2.05. The fourth-order valence-electron chi connectivity index (χ4n) is 6.04. The highest BCUT2D eigenvalue weighted by atomic mass is 79.9. The number of carbonyl (C=O) groups is 3. The number of para-hydroxylation sites is 1. The highest BCUT2D eigenvalue weighted by molar-refractivity contribution is 9.10. The minimum Gasteiger partial charge on any atom is -0.323 e. The van der Waals surface area contributed by atoms with Crippen molar-refractivity contribution in [2.75, 3.05) is 16.8 Å². The van der Waals surface area contributed by atoms with Gasteiger partial charge in [0.15, 0.2) is 0 Å². The quantitative estimate of drug-likeness (QED) is 0.626. The predicted molar refractivity (Wildman–Crippen MR) is 115 cm³/mol. The fourth-order valence-corrected chi connectivity index (χ4v) is 6.53. The van der Waals surface area contributed by atoms with Crippen molar-refractivity contribution in [3.05, 3.63) is 57.5 Å². The van der Waals surface area contributed by atoms with Crippen molar-refractivity contribution in [3.8, 4) is 0 Å². The number of benzene rings is 2. The lowest BCUT2D eigenvalue weighted by molar-refractivity contribution is -0.135. The number of anilines is 2. The predicted octanol–water partition coefficient (Wildman–Crippen LogP) is 3.53. The zero-order valence-corrected chi connectivity index (χ0v) is 18.1. The topological polar surface area (TPSA) is 69.7 Å². The lowest BCUT2D eigenvalue weighted by atomic mass is 9.75. The van der Waals surface area contributed by atoms with E-state index in [0.717, 1.165) is 17.3 Å². The van der Waals surface area contributed by atoms with E-state index in [4.69, 9.17) is 11.6 Å². The van der Waals surface area contributed by atoms with Gasteiger partial charge in [0.1, 0.15) is 5.54 Å². The Hall–Kier alpha value is -2.22. The summed E-state index contributed by atoms with van der Waals surface area (Å²) in [6.45, 7) is 0.676. The second-order valence-electron chi connectivity index (χ2n) is 8.28. The van der Waals surface area contributed by atoms with E-state index in [0.29, 0.717) is 28.5 Å². The Morgan fingerprint density at radius 1 is 1.07 bits per heavy atom. The minimum absolute atomic E-state index is 0.137. The van der Waals surface area contributed by atoms with Crippen LogP contribution in [0.5, 0.6) is 0 Å². The molecule has 0 saturated carbocycles. The fraction of sp³-hybridized carbons (Fsp3) is 0.318. The molecule has 1 spiro atoms. The molecule has 2 aromatic rings. The van der Waals surface area contributed by atoms with Crippen molar-refractivity contribution < 1.29 is 14.4 Å². The van der Waals surface area contributed by atoms with Crippen LogP contribution in [0.2, 0.25) is 5.02 Å². The molecule has 0 aromatic heterocycles. The van der Waals surface area contributed by atoms with Crippen LogP contribution in [0.1, 0.15) is 18.4 Å². The summed E-state index contributed by atoms with van der Waals surface area (Å²) in [5, 5.41) is 3.36. The van der Waals surface area contributed by atoms with Gasteiger partial charge in [-0.2, -0.15) is 0 Å². The first-order valence-electron chi connectivity index (χ1n) is 9.97. The molecule has 3 fully saturated rings. The van der Waals surface area contributed by atoms with Crippen molar-refractivity contribution in [2.45, 2.75) is 24.4 Å². The number of rotatable bonds is 1. The highest BCUT2D eigenvalue weighted by Crippen LogP contribution is 2.61. The molecule has 1 N–H and O–H groups in total. The average Bonchev–Trinajstić information content (AvgIpc) is 3.42. The summed E-state index contributed by atoms with van der Waals surface area (Å²) in [7, 11) is 0. The van der Waals surface area contributed by atoms with Gasteiger partial charge in [0.05, 0.1) is 28.2 Å². The SMILES string of the molecule is O=C1[C@H]2[C@@H](C(=O)N1c1ccc(Br)cc1)[C@@]1(C(=O)Nc3c(Cl)cccc31)N1CCC[C@@H]21. The van der Waals surface area contributed by atoms with E-state index in [1.165, 1.54) is 4.90 Å². The first-order chi connectivity index (χ1) is 14.5. The van der Waals surface area contributed by atoms with Crippen LogP contribution < -0.4 is 10.2 Å². The molecule has 3 amide bonds. The Labute approximate surface area is 186 Å². The van der Waals surface area contributed by atoms with Crippen molar-refractivity contribution in [1.29, 1.82) is 0 Å². The minimum atomic E-state index is -1.19. The van der Waals surface area contributed by atoms with Crippen LogP contribution >= 0.6 is 27.5 Å². The molecule has 8 heteroatoms. The highest BCUT2D eigenvalue weighted by Gasteiger charge is 2.74. The summed E-state index contributed by atoms with van der Waals surface area (Å²) >= 11 is 9.78. The van der Waals surface area contributed by atoms with E-state index in [1.807, 2.05) is 6.07 Å². The molecule has 4 atom stereocenters. The van der Waals surface area contributed by atoms with Crippen LogP contribution in [-0.4, -0.2) is 35.2 Å². The van der Waals surface area contributed by atoms with Crippen molar-refractivity contribution >= 4 is 56.6 Å². The van der Waals surface area contributed by atoms with Crippen LogP contribution in [0.15, 0.2) is 46.9 Å². The lowest BCUT2D eigenvalue weighted by Crippen LogP contribution is -2.54. The third-order valence-corrected chi connectivity index (χ3v) is 7.91. The largest absolute Gasteiger partial charge is 0.323 e. The van der Waals surface area contributed by atoms with Gasteiger partial charge >= 0.3 is 0 Å². The van der Waals surface area contributed by atoms with E-state index in [9.17, 15) is 14.4 Å². The number of nitrogens with one attached hydrogen (secondary N) is 1. The number of hydrogen-bond donors (Lipinski definition) is 1. The van der Waals surface area contributed by atoms with Crippen LogP contribution in [-0.2, 0) is 19.9 Å². The molecule has 6 nitrogen and oxygen atoms in total. The Bertz CT molecular complexity index is 1140. The standard InChI is InChI=1S/C22H17BrClN3O3/c23-11-6-8-12(9-7-11)27-19(28)16-15-5-2-10-26(15)22(17(16)20(27)29)13-3-1-4-14(24)18(13)25-21(22)30/h1,3-4,6-9,15-17H,2,5,10H2,(H,25,30)/t15-,16+,17-,22-/m0/s1. The number of carbonyl (C=O) groups excluding carboxylic acids is 3. The number of amides is 3. The molecule has 0 unspecified atom stereocenters. The Morgan fingerprint density at radius 2 is 1.83 bits per heavy atom. The maximum atomic E-state index is 13.8. The first kappa shape index (κ1) is 18.5. The van der Waals surface area contributed by atoms with Crippen LogP contribution in [0, 0.1) is 11.8 Å². The molecule has 4 heterocycles. The van der Waals surface area contributed by atoms with Gasteiger partial charge in [0.25, 0.3) is 5.91 Å². The maximum Gasteiger partial charge on any atom is 0.250 e. The number of hydrogen-bond acceptors (Lipinski definition) is 4. The van der Waals surface area contributed by atoms with E-state index < -0.39 is 17.4 Å². The maximum absolute atomic E-state index is 13.8. The summed E-state index contributed by atoms with van der Waals surface area (Å²) in [6, 6.07) is 12.4. The molecule has 0 radical (unpaired) electrons. The average molecular weight is 487 g/mol. The molecule has 4 aliphatic heterocycles. The third-order valence-electron chi connectivity index (χ3n) is 7.06. The Kier molecular flexibility index (Phi) is 3.80. The molecule has 30 heavy (non-hydrogen) atoms. The summed E-state index contributed by atoms with van der Waals surface area (Å²) in [5.41, 5.74) is 0.603. The van der Waals surface area contributed by atoms with Gasteiger partial charge < -0.3 is 5.32 Å². The van der Waals surface area contributed by atoms with E-state index in [2.05, 4.69) is 26.1 Å². The molecule has 0 bridgehead atoms. The summed E-state index contributed by atoms with van der Waals surface area (Å²) in [6.07, 6.45) is 1.68. The summed E-state index contributed by atoms with van der Waals surface area (Å²) in [4.78, 5) is 44.2. The smallest absolute Gasteiger partial charge is 0.250 e. The summed E-state index contributed by atoms with van der Waals surface area (Å²) < 4.78 is 0.864. The Balaban J connectivity index is 1.56. The van der Waals surface area contributed by atoms with Gasteiger partial charge in [0.2, 0.25) is 11.8 Å². The molecular formula is C22H17BrClN3O3. The van der Waals surface area contributed by atoms with Crippen molar-refractivity contribution in [1.82, 2.24) is 4.90 Å². The van der Waals surface area contributed by atoms with Gasteiger partial charge in [0, 0.05) is 16.1 Å². The van der Waals surface area contributed by atoms with Gasteiger partial charge in [-0.3, -0.25) is 19.3 Å². The first-order valence-corrected chi connectivity index (χ1v) is 11.1. The second-order valence-corrected chi connectivity index (χ2v) is 9.60. The number of halogens is 2. The molecular weight excluding hydrogens is 470 g/mol. The number of fused-ring (bicyclic) bond motifs is 7. The molecule has 3 saturated heterocycles. The summed E-state index contributed by atoms with van der Waals surface area (Å²) in [5.74, 6) is -2.10. The van der Waals surface area contributed by atoms with E-state index in [-0.39, 0.29) is 23.8 Å². The van der Waals surface area contributed by atoms with Crippen molar-refractivity contribution in [3.63, 3.8) is 0 Å². The van der Waals surface area contributed by atoms with Gasteiger partial charge in [-0.05, 0) is 49.7 Å². The van der Waals surface area contributed by atoms with Gasteiger partial charge in [-0.15, -0.1) is 0 Å². The molecule has 152 valence electrons. The van der Waals surface area contributed by atoms with Crippen LogP contribution in [0.25, 0.3) is 0 Å². The molecule has 0 aliphatic carbocycles. The molecule has 2 aromatic carbocycles. The lowest BCUT2D eigenvalue weighted by Gasteiger charge is -2.36. The Morgan fingerprint density at radius 3 is 2.60 bits per heavy atom. The zero-order valence-electron chi connectivity index (χ0n) is 15.8. The molecule has 4 aliphatic rings. The van der Waals surface area contributed by atoms with Gasteiger partial charge in [-0.1, -0.05) is 39.7 Å². The zero-order chi connectivity index (χ0) is 20.8.